The minimum Gasteiger partial charge on any atom is -0.497 e. The fraction of sp³-hybridized carbons (Fsp3) is 0.600. The lowest BCUT2D eigenvalue weighted by Gasteiger charge is -2.34. The second-order valence-electron chi connectivity index (χ2n) is 7.12. The van der Waals surface area contributed by atoms with Gasteiger partial charge in [0.25, 0.3) is 11.8 Å². The maximum absolute atomic E-state index is 12.9. The minimum atomic E-state index is -0.222. The Labute approximate surface area is 162 Å². The molecule has 3 N–H and O–H groups in total. The van der Waals surface area contributed by atoms with Crippen molar-refractivity contribution in [2.45, 2.75) is 26.8 Å². The van der Waals surface area contributed by atoms with E-state index >= 15 is 0 Å². The van der Waals surface area contributed by atoms with Crippen LogP contribution in [0.3, 0.4) is 0 Å². The average Bonchev–Trinajstić information content (AvgIpc) is 2.71. The molecule has 0 saturated carbocycles. The van der Waals surface area contributed by atoms with E-state index in [1.54, 1.807) is 12.0 Å². The Balaban J connectivity index is 1.88. The lowest BCUT2D eigenvalue weighted by atomic mass is 10.2. The number of quaternary nitrogens is 2. The van der Waals surface area contributed by atoms with Gasteiger partial charge in [-0.3, -0.25) is 9.59 Å². The molecule has 0 spiro atoms. The van der Waals surface area contributed by atoms with Crippen LogP contribution >= 0.6 is 0 Å². The van der Waals surface area contributed by atoms with Crippen LogP contribution in [0.2, 0.25) is 0 Å². The fourth-order valence-electron chi connectivity index (χ4n) is 3.52. The summed E-state index contributed by atoms with van der Waals surface area (Å²) in [4.78, 5) is 29.8. The molecule has 150 valence electrons. The normalized spacial score (nSPS) is 17.3. The van der Waals surface area contributed by atoms with Crippen molar-refractivity contribution in [1.82, 2.24) is 4.90 Å². The number of hydrogen-bond acceptors (Lipinski definition) is 3. The molecule has 1 heterocycles. The molecule has 1 aliphatic heterocycles. The van der Waals surface area contributed by atoms with Crippen LogP contribution in [0.15, 0.2) is 24.3 Å². The number of methoxy groups -OCH3 is 1. The van der Waals surface area contributed by atoms with Crippen molar-refractivity contribution >= 4 is 17.5 Å². The number of hydrogen-bond donors (Lipinski definition) is 3. The summed E-state index contributed by atoms with van der Waals surface area (Å²) >= 11 is 0. The zero-order chi connectivity index (χ0) is 19.8. The average molecular weight is 379 g/mol. The topological polar surface area (TPSA) is 67.5 Å². The Morgan fingerprint density at radius 2 is 1.85 bits per heavy atom. The number of carbonyl (C=O) groups is 2. The van der Waals surface area contributed by atoms with Gasteiger partial charge >= 0.3 is 0 Å². The van der Waals surface area contributed by atoms with Gasteiger partial charge in [-0.15, -0.1) is 0 Å². The lowest BCUT2D eigenvalue weighted by Crippen LogP contribution is -3.18. The number of rotatable bonds is 8. The van der Waals surface area contributed by atoms with Crippen molar-refractivity contribution in [3.8, 4) is 5.75 Å². The molecule has 1 aliphatic rings. The third-order valence-corrected chi connectivity index (χ3v) is 5.48. The highest BCUT2D eigenvalue weighted by Gasteiger charge is 2.32. The van der Waals surface area contributed by atoms with E-state index in [1.165, 1.54) is 0 Å². The molecule has 0 aliphatic carbocycles. The third-order valence-electron chi connectivity index (χ3n) is 5.48. The van der Waals surface area contributed by atoms with Crippen molar-refractivity contribution in [1.29, 1.82) is 0 Å². The van der Waals surface area contributed by atoms with Gasteiger partial charge < -0.3 is 24.8 Å². The summed E-state index contributed by atoms with van der Waals surface area (Å²) in [5.74, 6) is 0.814. The van der Waals surface area contributed by atoms with E-state index in [0.717, 1.165) is 55.6 Å². The van der Waals surface area contributed by atoms with Crippen LogP contribution in [-0.4, -0.2) is 75.7 Å². The molecule has 1 unspecified atom stereocenters. The van der Waals surface area contributed by atoms with Crippen molar-refractivity contribution in [2.75, 3.05) is 58.2 Å². The quantitative estimate of drug-likeness (QED) is 0.525. The standard InChI is InChI=1S/C20H32N4O3/c1-5-22-11-13-24(14-12-22)20(26)16(3)23(6-2)15-19(25)21-17-7-9-18(27-4)10-8-17/h7-10,16H,5-6,11-15H2,1-4H3,(H,21,25)/p+2/t16-/m0/s1. The van der Waals surface area contributed by atoms with E-state index in [1.807, 2.05) is 43.0 Å². The highest BCUT2D eigenvalue weighted by molar-refractivity contribution is 5.91. The molecule has 27 heavy (non-hydrogen) atoms. The van der Waals surface area contributed by atoms with Gasteiger partial charge in [-0.1, -0.05) is 0 Å². The Kier molecular flexibility index (Phi) is 8.06. The predicted molar refractivity (Wildman–Crippen MR) is 105 cm³/mol. The summed E-state index contributed by atoms with van der Waals surface area (Å²) in [7, 11) is 1.61. The van der Waals surface area contributed by atoms with Crippen molar-refractivity contribution in [2.24, 2.45) is 0 Å². The molecule has 1 fully saturated rings. The number of carbonyl (C=O) groups excluding carboxylic acids is 2. The fourth-order valence-corrected chi connectivity index (χ4v) is 3.52. The molecule has 0 bridgehead atoms. The Morgan fingerprint density at radius 1 is 1.22 bits per heavy atom. The number of anilines is 1. The number of amides is 2. The number of benzene rings is 1. The largest absolute Gasteiger partial charge is 0.497 e. The monoisotopic (exact) mass is 378 g/mol. The van der Waals surface area contributed by atoms with Crippen molar-refractivity contribution in [3.05, 3.63) is 24.3 Å². The molecule has 7 nitrogen and oxygen atoms in total. The van der Waals surface area contributed by atoms with E-state index in [0.29, 0.717) is 0 Å². The number of likely N-dealkylation sites (N-methyl/N-ethyl adjacent to an activating group) is 2. The van der Waals surface area contributed by atoms with E-state index < -0.39 is 0 Å². The van der Waals surface area contributed by atoms with Crippen LogP contribution < -0.4 is 19.9 Å². The summed E-state index contributed by atoms with van der Waals surface area (Å²) in [6.07, 6.45) is 0. The minimum absolute atomic E-state index is 0.0862. The smallest absolute Gasteiger partial charge is 0.280 e. The van der Waals surface area contributed by atoms with Gasteiger partial charge in [0.15, 0.2) is 12.6 Å². The van der Waals surface area contributed by atoms with Crippen LogP contribution in [0.25, 0.3) is 0 Å². The third kappa shape index (κ3) is 5.94. The van der Waals surface area contributed by atoms with Crippen LogP contribution in [0.5, 0.6) is 5.75 Å². The SMILES string of the molecule is CC[NH+]1CCN(C(=O)[C@H](C)[NH+](CC)CC(=O)Nc2ccc(OC)cc2)CC1. The first-order chi connectivity index (χ1) is 13.0. The first kappa shape index (κ1) is 21.2. The first-order valence-corrected chi connectivity index (χ1v) is 9.89. The zero-order valence-electron chi connectivity index (χ0n) is 17.0. The van der Waals surface area contributed by atoms with Crippen LogP contribution in [0, 0.1) is 0 Å². The van der Waals surface area contributed by atoms with Gasteiger partial charge in [-0.2, -0.15) is 0 Å². The molecule has 1 aromatic carbocycles. The Hall–Kier alpha value is -2.12. The number of piperazine rings is 1. The number of nitrogens with one attached hydrogen (secondary N) is 3. The van der Waals surface area contributed by atoms with E-state index in [-0.39, 0.29) is 24.4 Å². The number of nitrogens with zero attached hydrogens (tertiary/aromatic N) is 1. The Bertz CT molecular complexity index is 612. The molecule has 2 atom stereocenters. The van der Waals surface area contributed by atoms with E-state index in [4.69, 9.17) is 4.74 Å². The van der Waals surface area contributed by atoms with Crippen LogP contribution in [-0.2, 0) is 9.59 Å². The highest BCUT2D eigenvalue weighted by Crippen LogP contribution is 2.14. The Morgan fingerprint density at radius 3 is 2.37 bits per heavy atom. The zero-order valence-corrected chi connectivity index (χ0v) is 17.0. The van der Waals surface area contributed by atoms with Gasteiger partial charge in [0, 0.05) is 5.69 Å². The van der Waals surface area contributed by atoms with Crippen LogP contribution in [0.1, 0.15) is 20.8 Å². The molecule has 0 aromatic heterocycles. The van der Waals surface area contributed by atoms with Gasteiger partial charge in [0.1, 0.15) is 5.75 Å². The summed E-state index contributed by atoms with van der Waals surface area (Å²) in [5, 5.41) is 2.90. The molecule has 7 heteroatoms. The predicted octanol–water partition coefficient (Wildman–Crippen LogP) is -1.33. The van der Waals surface area contributed by atoms with Gasteiger partial charge in [0.05, 0.1) is 46.4 Å². The molecule has 1 aromatic rings. The molecule has 2 rings (SSSR count). The molecular weight excluding hydrogens is 344 g/mol. The van der Waals surface area contributed by atoms with Crippen molar-refractivity contribution in [3.63, 3.8) is 0 Å². The van der Waals surface area contributed by atoms with Crippen LogP contribution in [0.4, 0.5) is 5.69 Å². The second kappa shape index (κ2) is 10.3. The first-order valence-electron chi connectivity index (χ1n) is 9.89. The second-order valence-corrected chi connectivity index (χ2v) is 7.12. The van der Waals surface area contributed by atoms with Gasteiger partial charge in [0.2, 0.25) is 0 Å². The number of ether oxygens (including phenoxy) is 1. The van der Waals surface area contributed by atoms with Gasteiger partial charge in [-0.05, 0) is 45.0 Å². The summed E-state index contributed by atoms with van der Waals surface area (Å²) < 4.78 is 5.12. The molecule has 2 amide bonds. The van der Waals surface area contributed by atoms with Gasteiger partial charge in [-0.25, -0.2) is 0 Å². The molecular formula is C20H34N4O3+2. The summed E-state index contributed by atoms with van der Waals surface area (Å²) in [6.45, 7) is 11.9. The maximum Gasteiger partial charge on any atom is 0.280 e. The lowest BCUT2D eigenvalue weighted by molar-refractivity contribution is -0.907. The van der Waals surface area contributed by atoms with E-state index in [9.17, 15) is 9.59 Å². The maximum atomic E-state index is 12.9. The molecule has 1 saturated heterocycles. The summed E-state index contributed by atoms with van der Waals surface area (Å²) in [5.41, 5.74) is 0.730. The summed E-state index contributed by atoms with van der Waals surface area (Å²) in [6, 6.07) is 7.02. The molecule has 0 radical (unpaired) electrons. The van der Waals surface area contributed by atoms with Crippen molar-refractivity contribution < 1.29 is 24.1 Å². The van der Waals surface area contributed by atoms with E-state index in [2.05, 4.69) is 12.2 Å². The highest BCUT2D eigenvalue weighted by atomic mass is 16.5.